The van der Waals surface area contributed by atoms with Gasteiger partial charge < -0.3 is 5.32 Å². The van der Waals surface area contributed by atoms with E-state index in [0.717, 1.165) is 23.0 Å². The van der Waals surface area contributed by atoms with Crippen LogP contribution >= 0.6 is 27.7 Å². The molecule has 0 aliphatic carbocycles. The predicted molar refractivity (Wildman–Crippen MR) is 71.7 cm³/mol. The van der Waals surface area contributed by atoms with Gasteiger partial charge in [-0.25, -0.2) is 4.39 Å². The molecule has 86 valence electrons. The van der Waals surface area contributed by atoms with E-state index in [4.69, 9.17) is 0 Å². The van der Waals surface area contributed by atoms with Crippen molar-refractivity contribution in [2.75, 3.05) is 11.1 Å². The van der Waals surface area contributed by atoms with Crippen molar-refractivity contribution in [3.63, 3.8) is 0 Å². The fourth-order valence-corrected chi connectivity index (χ4v) is 2.87. The number of hydrogen-bond donors (Lipinski definition) is 1. The van der Waals surface area contributed by atoms with Gasteiger partial charge in [-0.3, -0.25) is 4.99 Å². The average Bonchev–Trinajstić information content (AvgIpc) is 2.24. The van der Waals surface area contributed by atoms with Crippen LogP contribution in [0, 0.1) is 5.82 Å². The third-order valence-electron chi connectivity index (χ3n) is 2.28. The molecule has 1 aliphatic rings. The van der Waals surface area contributed by atoms with Crippen molar-refractivity contribution in [3.05, 3.63) is 28.5 Å². The van der Waals surface area contributed by atoms with Gasteiger partial charge in [-0.15, -0.1) is 0 Å². The minimum absolute atomic E-state index is 0.253. The van der Waals surface area contributed by atoms with Crippen LogP contribution in [-0.2, 0) is 0 Å². The highest BCUT2D eigenvalue weighted by Crippen LogP contribution is 2.23. The monoisotopic (exact) mass is 302 g/mol. The van der Waals surface area contributed by atoms with Crippen LogP contribution in [0.4, 0.5) is 10.1 Å². The minimum atomic E-state index is -0.253. The van der Waals surface area contributed by atoms with Crippen molar-refractivity contribution in [2.24, 2.45) is 4.99 Å². The molecule has 0 amide bonds. The van der Waals surface area contributed by atoms with Crippen LogP contribution in [0.15, 0.2) is 27.7 Å². The summed E-state index contributed by atoms with van der Waals surface area (Å²) >= 11 is 4.86. The fourth-order valence-electron chi connectivity index (χ4n) is 1.39. The summed E-state index contributed by atoms with van der Waals surface area (Å²) in [5.41, 5.74) is 0.855. The number of rotatable bonds is 1. The van der Waals surface area contributed by atoms with Crippen molar-refractivity contribution < 1.29 is 4.39 Å². The lowest BCUT2D eigenvalue weighted by molar-refractivity contribution is 0.621. The Bertz CT molecular complexity index is 422. The van der Waals surface area contributed by atoms with Crippen molar-refractivity contribution in [2.45, 2.75) is 19.4 Å². The first kappa shape index (κ1) is 11.9. The number of thioether (sulfide) groups is 1. The summed E-state index contributed by atoms with van der Waals surface area (Å²) in [4.78, 5) is 4.49. The van der Waals surface area contributed by atoms with Gasteiger partial charge in [0.1, 0.15) is 5.82 Å². The Morgan fingerprint density at radius 1 is 1.56 bits per heavy atom. The number of nitrogens with zero attached hydrogens (tertiary/aromatic N) is 1. The quantitative estimate of drug-likeness (QED) is 0.851. The highest BCUT2D eigenvalue weighted by atomic mass is 79.9. The second-order valence-corrected chi connectivity index (χ2v) is 5.61. The maximum Gasteiger partial charge on any atom is 0.161 e. The lowest BCUT2D eigenvalue weighted by atomic mass is 10.3. The van der Waals surface area contributed by atoms with Crippen LogP contribution in [0.25, 0.3) is 0 Å². The van der Waals surface area contributed by atoms with Gasteiger partial charge in [-0.05, 0) is 47.5 Å². The Balaban J connectivity index is 2.11. The van der Waals surface area contributed by atoms with Gasteiger partial charge in [0, 0.05) is 11.4 Å². The number of aliphatic imine (C=N–C) groups is 1. The zero-order valence-electron chi connectivity index (χ0n) is 8.84. The van der Waals surface area contributed by atoms with E-state index < -0.39 is 0 Å². The first-order chi connectivity index (χ1) is 7.65. The summed E-state index contributed by atoms with van der Waals surface area (Å²) in [5, 5.41) is 4.11. The summed E-state index contributed by atoms with van der Waals surface area (Å²) in [5.74, 6) is 0.826. The van der Waals surface area contributed by atoms with E-state index in [2.05, 4.69) is 33.2 Å². The second-order valence-electron chi connectivity index (χ2n) is 3.67. The van der Waals surface area contributed by atoms with Crippen LogP contribution in [0.2, 0.25) is 0 Å². The van der Waals surface area contributed by atoms with Gasteiger partial charge in [-0.2, -0.15) is 0 Å². The molecule has 1 aliphatic heterocycles. The molecule has 0 saturated heterocycles. The number of benzene rings is 1. The molecule has 2 nitrogen and oxygen atoms in total. The highest BCUT2D eigenvalue weighted by molar-refractivity contribution is 9.10. The number of amidine groups is 1. The van der Waals surface area contributed by atoms with Crippen LogP contribution in [-0.4, -0.2) is 17.0 Å². The van der Waals surface area contributed by atoms with Crippen LogP contribution < -0.4 is 5.32 Å². The Hall–Kier alpha value is -0.550. The first-order valence-corrected chi connectivity index (χ1v) is 6.85. The summed E-state index contributed by atoms with van der Waals surface area (Å²) in [7, 11) is 0. The zero-order chi connectivity index (χ0) is 11.5. The van der Waals surface area contributed by atoms with Crippen molar-refractivity contribution in [1.82, 2.24) is 0 Å². The maximum atomic E-state index is 13.0. The summed E-state index contributed by atoms with van der Waals surface area (Å²) in [6.45, 7) is 2.10. The Labute approximate surface area is 107 Å². The molecule has 1 N–H and O–H groups in total. The predicted octanol–water partition coefficient (Wildman–Crippen LogP) is 3.88. The molecule has 1 aromatic rings. The van der Waals surface area contributed by atoms with Gasteiger partial charge in [0.2, 0.25) is 0 Å². The van der Waals surface area contributed by atoms with Crippen molar-refractivity contribution in [1.29, 1.82) is 0 Å². The molecule has 0 fully saturated rings. The molecule has 2 rings (SSSR count). The zero-order valence-corrected chi connectivity index (χ0v) is 11.2. The second kappa shape index (κ2) is 5.19. The van der Waals surface area contributed by atoms with E-state index >= 15 is 0 Å². The number of nitrogens with one attached hydrogen (secondary N) is 1. The Morgan fingerprint density at radius 3 is 3.06 bits per heavy atom. The molecule has 0 bridgehead atoms. The van der Waals surface area contributed by atoms with E-state index in [1.165, 1.54) is 6.07 Å². The van der Waals surface area contributed by atoms with Crippen LogP contribution in [0.5, 0.6) is 0 Å². The Kier molecular flexibility index (Phi) is 3.86. The smallest absolute Gasteiger partial charge is 0.161 e. The third kappa shape index (κ3) is 2.98. The van der Waals surface area contributed by atoms with Gasteiger partial charge in [0.15, 0.2) is 5.17 Å². The lowest BCUT2D eigenvalue weighted by Crippen LogP contribution is -2.17. The molecular weight excluding hydrogens is 291 g/mol. The minimum Gasteiger partial charge on any atom is -0.335 e. The Morgan fingerprint density at radius 2 is 2.38 bits per heavy atom. The number of halogens is 2. The van der Waals surface area contributed by atoms with Crippen molar-refractivity contribution in [3.8, 4) is 0 Å². The first-order valence-electron chi connectivity index (χ1n) is 5.08. The van der Waals surface area contributed by atoms with Crippen LogP contribution in [0.1, 0.15) is 13.3 Å². The molecule has 0 spiro atoms. The molecule has 1 heterocycles. The van der Waals surface area contributed by atoms with Gasteiger partial charge in [-0.1, -0.05) is 11.8 Å². The van der Waals surface area contributed by atoms with Crippen molar-refractivity contribution >= 4 is 38.5 Å². The molecule has 0 saturated carbocycles. The molecule has 5 heteroatoms. The topological polar surface area (TPSA) is 24.4 Å². The van der Waals surface area contributed by atoms with E-state index in [9.17, 15) is 4.39 Å². The van der Waals surface area contributed by atoms with Gasteiger partial charge in [0.25, 0.3) is 0 Å². The average molecular weight is 303 g/mol. The standard InChI is InChI=1S/C11H12BrFN2S/c1-7-4-5-16-11(14-7)15-8-2-3-10(13)9(12)6-8/h2-3,6-7H,4-5H2,1H3,(H,14,15). The van der Waals surface area contributed by atoms with E-state index in [1.54, 1.807) is 23.9 Å². The highest BCUT2D eigenvalue weighted by Gasteiger charge is 2.11. The molecule has 1 unspecified atom stereocenters. The number of hydrogen-bond acceptors (Lipinski definition) is 3. The normalized spacial score (nSPS) is 20.4. The molecule has 1 atom stereocenters. The summed E-state index contributed by atoms with van der Waals surface area (Å²) in [6, 6.07) is 5.23. The van der Waals surface area contributed by atoms with Gasteiger partial charge >= 0.3 is 0 Å². The third-order valence-corrected chi connectivity index (χ3v) is 3.81. The van der Waals surface area contributed by atoms with E-state index in [0.29, 0.717) is 10.5 Å². The number of anilines is 1. The van der Waals surface area contributed by atoms with Gasteiger partial charge in [0.05, 0.1) is 10.5 Å². The fraction of sp³-hybridized carbons (Fsp3) is 0.364. The lowest BCUT2D eigenvalue weighted by Gasteiger charge is -2.17. The molecule has 0 aromatic heterocycles. The summed E-state index contributed by atoms with van der Waals surface area (Å²) in [6.07, 6.45) is 1.11. The molecular formula is C11H12BrFN2S. The van der Waals surface area contributed by atoms with E-state index in [-0.39, 0.29) is 5.82 Å². The maximum absolute atomic E-state index is 13.0. The van der Waals surface area contributed by atoms with E-state index in [1.807, 2.05) is 0 Å². The molecule has 16 heavy (non-hydrogen) atoms. The largest absolute Gasteiger partial charge is 0.335 e. The molecule has 1 aromatic carbocycles. The molecule has 0 radical (unpaired) electrons. The SMILES string of the molecule is CC1CCSC(Nc2ccc(F)c(Br)c2)=N1. The summed E-state index contributed by atoms with van der Waals surface area (Å²) < 4.78 is 13.5. The van der Waals surface area contributed by atoms with Crippen LogP contribution in [0.3, 0.4) is 0 Å².